The summed E-state index contributed by atoms with van der Waals surface area (Å²) in [6.45, 7) is 1.66. The summed E-state index contributed by atoms with van der Waals surface area (Å²) in [4.78, 5) is 11.0. The highest BCUT2D eigenvalue weighted by molar-refractivity contribution is 6.35. The van der Waals surface area contributed by atoms with Crippen LogP contribution in [0, 0.1) is 6.92 Å². The van der Waals surface area contributed by atoms with E-state index in [1.165, 1.54) is 12.1 Å². The molecular formula is C10H7ClO3. The molecule has 0 amide bonds. The molecule has 2 rings (SSSR count). The Hall–Kier alpha value is -1.48. The number of benzene rings is 1. The molecule has 0 atom stereocenters. The third kappa shape index (κ3) is 1.26. The third-order valence-electron chi connectivity index (χ3n) is 2.08. The highest BCUT2D eigenvalue weighted by Gasteiger charge is 2.08. The van der Waals surface area contributed by atoms with Crippen molar-refractivity contribution in [3.05, 3.63) is 39.2 Å². The van der Waals surface area contributed by atoms with E-state index in [0.717, 1.165) is 0 Å². The predicted octanol–water partition coefficient (Wildman–Crippen LogP) is 2.46. The molecule has 1 N–H and O–H groups in total. The van der Waals surface area contributed by atoms with Crippen molar-refractivity contribution in [1.82, 2.24) is 0 Å². The lowest BCUT2D eigenvalue weighted by atomic mass is 10.1. The van der Waals surface area contributed by atoms with Crippen LogP contribution >= 0.6 is 11.6 Å². The lowest BCUT2D eigenvalue weighted by molar-refractivity contribution is 0.468. The van der Waals surface area contributed by atoms with Gasteiger partial charge < -0.3 is 9.52 Å². The molecule has 0 aliphatic heterocycles. The van der Waals surface area contributed by atoms with E-state index in [2.05, 4.69) is 0 Å². The first kappa shape index (κ1) is 9.09. The molecule has 1 aromatic heterocycles. The minimum atomic E-state index is -0.517. The van der Waals surface area contributed by atoms with Gasteiger partial charge in [0.15, 0.2) is 0 Å². The standard InChI is InChI=1S/C10H7ClO3/c1-5-8(12)3-2-6-7(11)4-9(13)14-10(5)6/h2-4,12H,1H3. The molecule has 4 heteroatoms. The Morgan fingerprint density at radius 3 is 2.86 bits per heavy atom. The fourth-order valence-electron chi connectivity index (χ4n) is 1.31. The Balaban J connectivity index is 3.02. The van der Waals surface area contributed by atoms with Crippen LogP contribution in [0.3, 0.4) is 0 Å². The van der Waals surface area contributed by atoms with Gasteiger partial charge in [0.2, 0.25) is 0 Å². The first-order valence-electron chi connectivity index (χ1n) is 4.01. The molecule has 0 aliphatic carbocycles. The van der Waals surface area contributed by atoms with E-state index in [1.807, 2.05) is 0 Å². The van der Waals surface area contributed by atoms with Gasteiger partial charge in [0.1, 0.15) is 11.3 Å². The fraction of sp³-hybridized carbons (Fsp3) is 0.100. The summed E-state index contributed by atoms with van der Waals surface area (Å²) in [5.74, 6) is 0.0860. The van der Waals surface area contributed by atoms with Crippen molar-refractivity contribution >= 4 is 22.6 Å². The van der Waals surface area contributed by atoms with Gasteiger partial charge >= 0.3 is 5.63 Å². The number of aryl methyl sites for hydroxylation is 1. The average Bonchev–Trinajstić information content (AvgIpc) is 2.12. The topological polar surface area (TPSA) is 50.4 Å². The van der Waals surface area contributed by atoms with E-state index in [0.29, 0.717) is 21.6 Å². The summed E-state index contributed by atoms with van der Waals surface area (Å²) < 4.78 is 4.95. The second-order valence-electron chi connectivity index (χ2n) is 3.00. The number of rotatable bonds is 0. The van der Waals surface area contributed by atoms with Crippen molar-refractivity contribution < 1.29 is 9.52 Å². The van der Waals surface area contributed by atoms with Gasteiger partial charge in [0, 0.05) is 17.0 Å². The highest BCUT2D eigenvalue weighted by atomic mass is 35.5. The largest absolute Gasteiger partial charge is 0.508 e. The predicted molar refractivity (Wildman–Crippen MR) is 53.9 cm³/mol. The molecule has 1 heterocycles. The smallest absolute Gasteiger partial charge is 0.337 e. The zero-order valence-corrected chi connectivity index (χ0v) is 8.13. The van der Waals surface area contributed by atoms with Gasteiger partial charge in [-0.15, -0.1) is 0 Å². The molecule has 0 aliphatic rings. The van der Waals surface area contributed by atoms with Crippen LogP contribution in [-0.2, 0) is 0 Å². The molecule has 0 fully saturated rings. The van der Waals surface area contributed by atoms with Crippen molar-refractivity contribution in [1.29, 1.82) is 0 Å². The van der Waals surface area contributed by atoms with Crippen LogP contribution in [-0.4, -0.2) is 5.11 Å². The van der Waals surface area contributed by atoms with E-state index in [1.54, 1.807) is 13.0 Å². The zero-order chi connectivity index (χ0) is 10.3. The maximum Gasteiger partial charge on any atom is 0.337 e. The number of phenols is 1. The van der Waals surface area contributed by atoms with Crippen LogP contribution in [0.1, 0.15) is 5.56 Å². The van der Waals surface area contributed by atoms with Crippen LogP contribution in [0.5, 0.6) is 5.75 Å². The number of fused-ring (bicyclic) bond motifs is 1. The molecule has 3 nitrogen and oxygen atoms in total. The number of hydrogen-bond donors (Lipinski definition) is 1. The molecule has 0 radical (unpaired) electrons. The highest BCUT2D eigenvalue weighted by Crippen LogP contribution is 2.29. The first-order valence-corrected chi connectivity index (χ1v) is 4.39. The monoisotopic (exact) mass is 210 g/mol. The van der Waals surface area contributed by atoms with E-state index >= 15 is 0 Å². The van der Waals surface area contributed by atoms with E-state index in [-0.39, 0.29) is 5.75 Å². The third-order valence-corrected chi connectivity index (χ3v) is 2.39. The van der Waals surface area contributed by atoms with Crippen molar-refractivity contribution in [2.75, 3.05) is 0 Å². The van der Waals surface area contributed by atoms with Gasteiger partial charge in [-0.3, -0.25) is 0 Å². The van der Waals surface area contributed by atoms with Crippen LogP contribution in [0.2, 0.25) is 5.02 Å². The Morgan fingerprint density at radius 1 is 1.43 bits per heavy atom. The molecular weight excluding hydrogens is 204 g/mol. The van der Waals surface area contributed by atoms with Gasteiger partial charge in [-0.25, -0.2) is 4.79 Å². The summed E-state index contributed by atoms with van der Waals surface area (Å²) in [7, 11) is 0. The lowest BCUT2D eigenvalue weighted by Crippen LogP contribution is -1.96. The van der Waals surface area contributed by atoms with Gasteiger partial charge in [0.05, 0.1) is 5.02 Å². The lowest BCUT2D eigenvalue weighted by Gasteiger charge is -2.03. The maximum absolute atomic E-state index is 11.0. The normalized spacial score (nSPS) is 10.7. The molecule has 0 saturated heterocycles. The number of aromatic hydroxyl groups is 1. The fourth-order valence-corrected chi connectivity index (χ4v) is 1.55. The molecule has 14 heavy (non-hydrogen) atoms. The van der Waals surface area contributed by atoms with Gasteiger partial charge in [-0.1, -0.05) is 11.6 Å². The molecule has 0 unspecified atom stereocenters. The Morgan fingerprint density at radius 2 is 2.14 bits per heavy atom. The summed E-state index contributed by atoms with van der Waals surface area (Å²) >= 11 is 5.85. The van der Waals surface area contributed by atoms with Gasteiger partial charge in [-0.05, 0) is 19.1 Å². The minimum absolute atomic E-state index is 0.0860. The second-order valence-corrected chi connectivity index (χ2v) is 3.41. The van der Waals surface area contributed by atoms with E-state index in [9.17, 15) is 9.90 Å². The Labute approximate surface area is 84.5 Å². The maximum atomic E-state index is 11.0. The summed E-state index contributed by atoms with van der Waals surface area (Å²) in [6.07, 6.45) is 0. The number of phenolic OH excluding ortho intramolecular Hbond substituents is 1. The van der Waals surface area contributed by atoms with Gasteiger partial charge in [-0.2, -0.15) is 0 Å². The van der Waals surface area contributed by atoms with Crippen LogP contribution < -0.4 is 5.63 Å². The summed E-state index contributed by atoms with van der Waals surface area (Å²) in [6, 6.07) is 4.34. The van der Waals surface area contributed by atoms with Crippen LogP contribution in [0.15, 0.2) is 27.4 Å². The van der Waals surface area contributed by atoms with E-state index in [4.69, 9.17) is 16.0 Å². The van der Waals surface area contributed by atoms with Crippen LogP contribution in [0.4, 0.5) is 0 Å². The summed E-state index contributed by atoms with van der Waals surface area (Å²) in [5.41, 5.74) is 0.334. The van der Waals surface area contributed by atoms with Crippen molar-refractivity contribution in [3.63, 3.8) is 0 Å². The first-order chi connectivity index (χ1) is 6.59. The van der Waals surface area contributed by atoms with E-state index < -0.39 is 5.63 Å². The molecule has 2 aromatic rings. The van der Waals surface area contributed by atoms with Crippen molar-refractivity contribution in [3.8, 4) is 5.75 Å². The van der Waals surface area contributed by atoms with Crippen molar-refractivity contribution in [2.45, 2.75) is 6.92 Å². The van der Waals surface area contributed by atoms with Gasteiger partial charge in [0.25, 0.3) is 0 Å². The average molecular weight is 211 g/mol. The van der Waals surface area contributed by atoms with Crippen molar-refractivity contribution in [2.24, 2.45) is 0 Å². The zero-order valence-electron chi connectivity index (χ0n) is 7.37. The number of hydrogen-bond acceptors (Lipinski definition) is 3. The SMILES string of the molecule is Cc1c(O)ccc2c(Cl)cc(=O)oc12. The summed E-state index contributed by atoms with van der Waals surface area (Å²) in [5, 5.41) is 10.4. The quantitative estimate of drug-likeness (QED) is 0.680. The second kappa shape index (κ2) is 3.03. The Bertz CT molecular complexity index is 557. The number of halogens is 1. The Kier molecular flexibility index (Phi) is 1.97. The minimum Gasteiger partial charge on any atom is -0.508 e. The van der Waals surface area contributed by atoms with Crippen LogP contribution in [0.25, 0.3) is 11.0 Å². The molecule has 0 saturated carbocycles. The molecule has 0 spiro atoms. The molecule has 0 bridgehead atoms. The molecule has 72 valence electrons. The molecule has 1 aromatic carbocycles.